The molecule has 0 radical (unpaired) electrons. The van der Waals surface area contributed by atoms with Crippen molar-refractivity contribution in [2.24, 2.45) is 11.0 Å². The zero-order chi connectivity index (χ0) is 20.6. The lowest BCUT2D eigenvalue weighted by molar-refractivity contribution is -0.125. The molecule has 3 rings (SSSR count). The van der Waals surface area contributed by atoms with Crippen LogP contribution in [0.1, 0.15) is 48.0 Å². The molecule has 6 nitrogen and oxygen atoms in total. The number of carbonyl (C=O) groups is 2. The number of nitrogens with zero attached hydrogens (tertiary/aromatic N) is 1. The molecule has 1 aliphatic rings. The molecule has 0 bridgehead atoms. The molecule has 1 fully saturated rings. The molecular weight excluding hydrogens is 392 g/mol. The van der Waals surface area contributed by atoms with Crippen molar-refractivity contribution in [3.8, 4) is 11.5 Å². The van der Waals surface area contributed by atoms with Crippen LogP contribution in [0.3, 0.4) is 0 Å². The van der Waals surface area contributed by atoms with E-state index in [2.05, 4.69) is 10.5 Å². The summed E-state index contributed by atoms with van der Waals surface area (Å²) in [5, 5.41) is 4.35. The molecule has 0 atom stereocenters. The predicted octanol–water partition coefficient (Wildman–Crippen LogP) is 4.60. The van der Waals surface area contributed by atoms with Gasteiger partial charge in [0.05, 0.1) is 23.9 Å². The fraction of sp³-hybridized carbons (Fsp3) is 0.318. The number of ether oxygens (including phenoxy) is 2. The summed E-state index contributed by atoms with van der Waals surface area (Å²) >= 11 is 6.04. The largest absolute Gasteiger partial charge is 0.493 e. The second kappa shape index (κ2) is 10.1. The summed E-state index contributed by atoms with van der Waals surface area (Å²) in [5.74, 6) is 0.0593. The molecule has 2 aromatic carbocycles. The number of hydrogen-bond acceptors (Lipinski definition) is 5. The molecule has 0 heterocycles. The quantitative estimate of drug-likeness (QED) is 0.324. The standard InChI is InChI=1S/C22H23ClN2O4/c1-28-20-13-15(14-24-25-21(26)16-7-3-2-4-8-16)11-12-19(20)29-22(27)17-9-5-6-10-18(17)23/h5-6,9-14,16H,2-4,7-8H2,1H3,(H,25,26)/b24-14+. The van der Waals surface area contributed by atoms with Gasteiger partial charge in [-0.15, -0.1) is 0 Å². The van der Waals surface area contributed by atoms with Crippen LogP contribution in [0.25, 0.3) is 0 Å². The number of hydrogen-bond donors (Lipinski definition) is 1. The highest BCUT2D eigenvalue weighted by Crippen LogP contribution is 2.29. The molecule has 1 aliphatic carbocycles. The van der Waals surface area contributed by atoms with Gasteiger partial charge in [0.15, 0.2) is 11.5 Å². The molecule has 0 aromatic heterocycles. The van der Waals surface area contributed by atoms with E-state index in [1.54, 1.807) is 42.5 Å². The number of benzene rings is 2. The monoisotopic (exact) mass is 414 g/mol. The minimum absolute atomic E-state index is 0.0433. The van der Waals surface area contributed by atoms with Gasteiger partial charge < -0.3 is 9.47 Å². The summed E-state index contributed by atoms with van der Waals surface area (Å²) in [5.41, 5.74) is 3.57. The first-order valence-corrected chi connectivity index (χ1v) is 9.94. The minimum atomic E-state index is -0.574. The van der Waals surface area contributed by atoms with Crippen LogP contribution < -0.4 is 14.9 Å². The van der Waals surface area contributed by atoms with E-state index in [0.29, 0.717) is 16.3 Å². The molecular formula is C22H23ClN2O4. The van der Waals surface area contributed by atoms with Crippen molar-refractivity contribution in [1.29, 1.82) is 0 Å². The maximum absolute atomic E-state index is 12.3. The van der Waals surface area contributed by atoms with Gasteiger partial charge in [0.1, 0.15) is 0 Å². The summed E-state index contributed by atoms with van der Waals surface area (Å²) in [6.07, 6.45) is 6.74. The molecule has 1 N–H and O–H groups in total. The van der Waals surface area contributed by atoms with Crippen molar-refractivity contribution in [3.05, 3.63) is 58.6 Å². The van der Waals surface area contributed by atoms with Crippen LogP contribution in [0.4, 0.5) is 0 Å². The molecule has 0 unspecified atom stereocenters. The lowest BCUT2D eigenvalue weighted by Crippen LogP contribution is -2.28. The van der Waals surface area contributed by atoms with Crippen molar-refractivity contribution in [2.75, 3.05) is 7.11 Å². The van der Waals surface area contributed by atoms with Gasteiger partial charge in [-0.3, -0.25) is 4.79 Å². The maximum atomic E-state index is 12.3. The molecule has 0 saturated heterocycles. The minimum Gasteiger partial charge on any atom is -0.493 e. The first-order chi connectivity index (χ1) is 14.1. The second-order valence-electron chi connectivity index (χ2n) is 6.85. The fourth-order valence-corrected chi connectivity index (χ4v) is 3.47. The van der Waals surface area contributed by atoms with Crippen LogP contribution in [0.15, 0.2) is 47.6 Å². The molecule has 29 heavy (non-hydrogen) atoms. The Labute approximate surface area is 174 Å². The van der Waals surface area contributed by atoms with E-state index in [-0.39, 0.29) is 23.1 Å². The van der Waals surface area contributed by atoms with E-state index < -0.39 is 5.97 Å². The summed E-state index contributed by atoms with van der Waals surface area (Å²) in [6.45, 7) is 0. The number of carbonyl (C=O) groups excluding carboxylic acids is 2. The zero-order valence-corrected chi connectivity index (χ0v) is 16.9. The molecule has 1 amide bonds. The molecule has 152 valence electrons. The maximum Gasteiger partial charge on any atom is 0.345 e. The van der Waals surface area contributed by atoms with Crippen LogP contribution in [0.2, 0.25) is 5.02 Å². The third kappa shape index (κ3) is 5.57. The van der Waals surface area contributed by atoms with Gasteiger partial charge in [-0.2, -0.15) is 5.10 Å². The van der Waals surface area contributed by atoms with E-state index in [1.807, 2.05) is 0 Å². The number of nitrogens with one attached hydrogen (secondary N) is 1. The molecule has 7 heteroatoms. The SMILES string of the molecule is COc1cc(/C=N/NC(=O)C2CCCCC2)ccc1OC(=O)c1ccccc1Cl. The Morgan fingerprint density at radius 1 is 1.10 bits per heavy atom. The highest BCUT2D eigenvalue weighted by molar-refractivity contribution is 6.33. The van der Waals surface area contributed by atoms with Crippen molar-refractivity contribution < 1.29 is 19.1 Å². The highest BCUT2D eigenvalue weighted by Gasteiger charge is 2.20. The highest BCUT2D eigenvalue weighted by atomic mass is 35.5. The predicted molar refractivity (Wildman–Crippen MR) is 112 cm³/mol. The first-order valence-electron chi connectivity index (χ1n) is 9.56. The van der Waals surface area contributed by atoms with Crippen LogP contribution in [-0.4, -0.2) is 25.2 Å². The van der Waals surface area contributed by atoms with Crippen LogP contribution >= 0.6 is 11.6 Å². The van der Waals surface area contributed by atoms with Gasteiger partial charge in [-0.05, 0) is 48.7 Å². The van der Waals surface area contributed by atoms with Gasteiger partial charge in [-0.25, -0.2) is 10.2 Å². The smallest absolute Gasteiger partial charge is 0.345 e. The number of rotatable bonds is 6. The molecule has 0 aliphatic heterocycles. The molecule has 0 spiro atoms. The van der Waals surface area contributed by atoms with Gasteiger partial charge in [0, 0.05) is 5.92 Å². The second-order valence-corrected chi connectivity index (χ2v) is 7.26. The van der Waals surface area contributed by atoms with E-state index >= 15 is 0 Å². The Morgan fingerprint density at radius 2 is 1.86 bits per heavy atom. The fourth-order valence-electron chi connectivity index (χ4n) is 3.26. The van der Waals surface area contributed by atoms with E-state index in [4.69, 9.17) is 21.1 Å². The van der Waals surface area contributed by atoms with E-state index in [0.717, 1.165) is 25.7 Å². The normalized spacial score (nSPS) is 14.6. The first kappa shape index (κ1) is 20.9. The number of methoxy groups -OCH3 is 1. The Hall–Kier alpha value is -2.86. The average molecular weight is 415 g/mol. The summed E-state index contributed by atoms with van der Waals surface area (Å²) in [4.78, 5) is 24.5. The molecule has 2 aromatic rings. The summed E-state index contributed by atoms with van der Waals surface area (Å²) in [7, 11) is 1.48. The van der Waals surface area contributed by atoms with Gasteiger partial charge >= 0.3 is 5.97 Å². The van der Waals surface area contributed by atoms with Gasteiger partial charge in [0.25, 0.3) is 0 Å². The number of halogens is 1. The van der Waals surface area contributed by atoms with Crippen LogP contribution in [0, 0.1) is 5.92 Å². The average Bonchev–Trinajstić information content (AvgIpc) is 2.75. The van der Waals surface area contributed by atoms with Crippen molar-refractivity contribution >= 4 is 29.7 Å². The number of hydrazone groups is 1. The summed E-state index contributed by atoms with van der Waals surface area (Å²) in [6, 6.07) is 11.7. The Kier molecular flexibility index (Phi) is 7.25. The molecule has 1 saturated carbocycles. The van der Waals surface area contributed by atoms with Crippen LogP contribution in [0.5, 0.6) is 11.5 Å². The van der Waals surface area contributed by atoms with Gasteiger partial charge in [-0.1, -0.05) is 43.0 Å². The topological polar surface area (TPSA) is 77.0 Å². The van der Waals surface area contributed by atoms with E-state index in [1.165, 1.54) is 19.7 Å². The van der Waals surface area contributed by atoms with Crippen molar-refractivity contribution in [1.82, 2.24) is 5.43 Å². The van der Waals surface area contributed by atoms with Crippen molar-refractivity contribution in [3.63, 3.8) is 0 Å². The number of esters is 1. The van der Waals surface area contributed by atoms with Gasteiger partial charge in [0.2, 0.25) is 5.91 Å². The number of amides is 1. The third-order valence-electron chi connectivity index (χ3n) is 4.85. The van der Waals surface area contributed by atoms with Crippen molar-refractivity contribution in [2.45, 2.75) is 32.1 Å². The Bertz CT molecular complexity index is 907. The Morgan fingerprint density at radius 3 is 2.59 bits per heavy atom. The lowest BCUT2D eigenvalue weighted by Gasteiger charge is -2.19. The third-order valence-corrected chi connectivity index (χ3v) is 5.18. The zero-order valence-electron chi connectivity index (χ0n) is 16.2. The van der Waals surface area contributed by atoms with Crippen LogP contribution in [-0.2, 0) is 4.79 Å². The summed E-state index contributed by atoms with van der Waals surface area (Å²) < 4.78 is 10.7. The lowest BCUT2D eigenvalue weighted by atomic mass is 9.89. The Balaban J connectivity index is 1.64. The van der Waals surface area contributed by atoms with E-state index in [9.17, 15) is 9.59 Å².